The van der Waals surface area contributed by atoms with E-state index in [4.69, 9.17) is 0 Å². The maximum absolute atomic E-state index is 13.3. The topological polar surface area (TPSA) is 81.6 Å². The average Bonchev–Trinajstić information content (AvgIpc) is 3.63. The normalized spacial score (nSPS) is 20.2. The second-order valence-corrected chi connectivity index (χ2v) is 9.88. The van der Waals surface area contributed by atoms with Crippen LogP contribution in [-0.4, -0.2) is 77.8 Å². The molecule has 3 fully saturated rings. The summed E-state index contributed by atoms with van der Waals surface area (Å²) < 4.78 is 1.66. The molecule has 34 heavy (non-hydrogen) atoms. The van der Waals surface area contributed by atoms with Crippen LogP contribution >= 0.6 is 0 Å². The summed E-state index contributed by atoms with van der Waals surface area (Å²) in [5, 5.41) is 7.65. The van der Waals surface area contributed by atoms with Crippen molar-refractivity contribution in [2.24, 2.45) is 7.05 Å². The first-order valence-corrected chi connectivity index (χ1v) is 12.2. The zero-order chi connectivity index (χ0) is 23.3. The van der Waals surface area contributed by atoms with Gasteiger partial charge in [0.05, 0.1) is 5.54 Å². The van der Waals surface area contributed by atoms with Crippen LogP contribution in [-0.2, 0) is 7.05 Å². The molecule has 2 aromatic heterocycles. The van der Waals surface area contributed by atoms with Gasteiger partial charge in [-0.05, 0) is 50.2 Å². The third-order valence-corrected chi connectivity index (χ3v) is 7.58. The molecule has 2 aliphatic heterocycles. The maximum Gasteiger partial charge on any atom is 0.275 e. The Labute approximate surface area is 199 Å². The summed E-state index contributed by atoms with van der Waals surface area (Å²) in [6, 6.07) is 10.4. The number of fused-ring (bicyclic) bond motifs is 1. The van der Waals surface area contributed by atoms with E-state index in [1.54, 1.807) is 11.6 Å². The summed E-state index contributed by atoms with van der Waals surface area (Å²) >= 11 is 0. The van der Waals surface area contributed by atoms with E-state index in [1.165, 1.54) is 5.69 Å². The fourth-order valence-electron chi connectivity index (χ4n) is 5.24. The first-order valence-electron chi connectivity index (χ1n) is 12.2. The quantitative estimate of drug-likeness (QED) is 0.610. The first-order chi connectivity index (χ1) is 16.5. The van der Waals surface area contributed by atoms with Crippen molar-refractivity contribution in [2.45, 2.75) is 18.4 Å². The van der Waals surface area contributed by atoms with E-state index < -0.39 is 0 Å². The monoisotopic (exact) mass is 460 g/mol. The van der Waals surface area contributed by atoms with Crippen LogP contribution < -0.4 is 26.0 Å². The number of piperazine rings is 2. The summed E-state index contributed by atoms with van der Waals surface area (Å²) in [7, 11) is 3.97. The van der Waals surface area contributed by atoms with Gasteiger partial charge in [0.25, 0.3) is 5.56 Å². The van der Waals surface area contributed by atoms with Crippen molar-refractivity contribution < 1.29 is 0 Å². The number of aromatic nitrogens is 3. The van der Waals surface area contributed by atoms with Gasteiger partial charge in [-0.3, -0.25) is 9.36 Å². The molecular weight excluding hydrogens is 428 g/mol. The molecule has 6 rings (SSSR count). The summed E-state index contributed by atoms with van der Waals surface area (Å²) in [6.07, 6.45) is 4.08. The van der Waals surface area contributed by atoms with Crippen molar-refractivity contribution in [1.29, 1.82) is 0 Å². The van der Waals surface area contributed by atoms with Crippen molar-refractivity contribution in [2.75, 3.05) is 68.0 Å². The SMILES string of the molecule is CN1CCN(c2ccc(Nc3ncc4cc(N5CCNCC56CC6)c(=O)n(C)c4n3)cc2)CC1. The average molecular weight is 461 g/mol. The Morgan fingerprint density at radius 1 is 1.03 bits per heavy atom. The van der Waals surface area contributed by atoms with E-state index in [0.29, 0.717) is 11.6 Å². The summed E-state index contributed by atoms with van der Waals surface area (Å²) in [5.41, 5.74) is 3.67. The van der Waals surface area contributed by atoms with Crippen LogP contribution in [0, 0.1) is 0 Å². The van der Waals surface area contributed by atoms with Gasteiger partial charge in [-0.25, -0.2) is 4.98 Å². The molecule has 1 aromatic carbocycles. The van der Waals surface area contributed by atoms with Crippen LogP contribution in [0.15, 0.2) is 41.3 Å². The minimum Gasteiger partial charge on any atom is -0.369 e. The molecular formula is C25H32N8O. The molecule has 0 amide bonds. The third kappa shape index (κ3) is 3.78. The molecule has 4 heterocycles. The van der Waals surface area contributed by atoms with Gasteiger partial charge in [0, 0.05) is 75.8 Å². The summed E-state index contributed by atoms with van der Waals surface area (Å²) in [4.78, 5) is 29.6. The fourth-order valence-corrected chi connectivity index (χ4v) is 5.24. The van der Waals surface area contributed by atoms with Crippen molar-refractivity contribution in [3.8, 4) is 0 Å². The minimum atomic E-state index is 0.00172. The van der Waals surface area contributed by atoms with Gasteiger partial charge in [0.2, 0.25) is 5.95 Å². The molecule has 178 valence electrons. The lowest BCUT2D eigenvalue weighted by atomic mass is 10.1. The predicted octanol–water partition coefficient (Wildman–Crippen LogP) is 1.77. The highest BCUT2D eigenvalue weighted by Gasteiger charge is 2.50. The molecule has 0 atom stereocenters. The van der Waals surface area contributed by atoms with Crippen LogP contribution in [0.3, 0.4) is 0 Å². The van der Waals surface area contributed by atoms with E-state index >= 15 is 0 Å². The Balaban J connectivity index is 1.24. The molecule has 0 unspecified atom stereocenters. The predicted molar refractivity (Wildman–Crippen MR) is 136 cm³/mol. The van der Waals surface area contributed by atoms with Gasteiger partial charge >= 0.3 is 0 Å². The highest BCUT2D eigenvalue weighted by molar-refractivity contribution is 5.80. The molecule has 1 aliphatic carbocycles. The van der Waals surface area contributed by atoms with Crippen LogP contribution in [0.4, 0.5) is 23.0 Å². The number of pyridine rings is 1. The van der Waals surface area contributed by atoms with Gasteiger partial charge in [0.15, 0.2) is 0 Å². The van der Waals surface area contributed by atoms with Crippen molar-refractivity contribution >= 4 is 34.0 Å². The molecule has 3 aliphatic rings. The molecule has 0 radical (unpaired) electrons. The molecule has 3 aromatic rings. The lowest BCUT2D eigenvalue weighted by Crippen LogP contribution is -2.55. The van der Waals surface area contributed by atoms with Crippen LogP contribution in [0.2, 0.25) is 0 Å². The maximum atomic E-state index is 13.3. The number of benzene rings is 1. The summed E-state index contributed by atoms with van der Waals surface area (Å²) in [6.45, 7) is 6.95. The highest BCUT2D eigenvalue weighted by atomic mass is 16.1. The molecule has 2 N–H and O–H groups in total. The van der Waals surface area contributed by atoms with Gasteiger partial charge in [-0.1, -0.05) is 0 Å². The number of likely N-dealkylation sites (N-methyl/N-ethyl adjacent to an activating group) is 1. The van der Waals surface area contributed by atoms with E-state index in [9.17, 15) is 4.79 Å². The van der Waals surface area contributed by atoms with Gasteiger partial charge in [-0.2, -0.15) is 4.98 Å². The Hall–Kier alpha value is -3.17. The Morgan fingerprint density at radius 2 is 1.79 bits per heavy atom. The summed E-state index contributed by atoms with van der Waals surface area (Å²) in [5.74, 6) is 0.489. The number of nitrogens with one attached hydrogen (secondary N) is 2. The zero-order valence-electron chi connectivity index (χ0n) is 19.9. The van der Waals surface area contributed by atoms with E-state index in [-0.39, 0.29) is 11.1 Å². The van der Waals surface area contributed by atoms with E-state index in [0.717, 1.165) is 75.4 Å². The van der Waals surface area contributed by atoms with Gasteiger partial charge in [-0.15, -0.1) is 0 Å². The van der Waals surface area contributed by atoms with Gasteiger partial charge < -0.3 is 25.3 Å². The number of nitrogens with zero attached hydrogens (tertiary/aromatic N) is 6. The van der Waals surface area contributed by atoms with Crippen LogP contribution in [0.1, 0.15) is 12.8 Å². The molecule has 2 saturated heterocycles. The lowest BCUT2D eigenvalue weighted by molar-refractivity contribution is 0.313. The molecule has 9 nitrogen and oxygen atoms in total. The molecule has 1 spiro atoms. The Bertz CT molecular complexity index is 1260. The third-order valence-electron chi connectivity index (χ3n) is 7.58. The zero-order valence-corrected chi connectivity index (χ0v) is 19.9. The van der Waals surface area contributed by atoms with Crippen molar-refractivity contribution in [3.05, 3.63) is 46.9 Å². The standard InChI is InChI=1S/C25H32N8O/c1-30-11-13-32(14-12-30)20-5-3-19(4-6-20)28-24-27-16-18-15-21(23(34)31(2)22(18)29-24)33-10-9-26-17-25(33)7-8-25/h3-6,15-16,26H,7-14,17H2,1-2H3,(H,27,28,29). The molecule has 9 heteroatoms. The minimum absolute atomic E-state index is 0.00172. The number of aryl methyl sites for hydroxylation is 1. The highest BCUT2D eigenvalue weighted by Crippen LogP contribution is 2.44. The Morgan fingerprint density at radius 3 is 2.53 bits per heavy atom. The lowest BCUT2D eigenvalue weighted by Gasteiger charge is -2.38. The van der Waals surface area contributed by atoms with Crippen molar-refractivity contribution in [1.82, 2.24) is 24.8 Å². The number of hydrogen-bond acceptors (Lipinski definition) is 8. The molecule has 0 bridgehead atoms. The largest absolute Gasteiger partial charge is 0.369 e. The Kier molecular flexibility index (Phi) is 5.18. The first kappa shape index (κ1) is 21.4. The van der Waals surface area contributed by atoms with Crippen LogP contribution in [0.5, 0.6) is 0 Å². The second kappa shape index (κ2) is 8.25. The second-order valence-electron chi connectivity index (χ2n) is 9.88. The van der Waals surface area contributed by atoms with Crippen molar-refractivity contribution in [3.63, 3.8) is 0 Å². The van der Waals surface area contributed by atoms with E-state index in [2.05, 4.69) is 66.6 Å². The van der Waals surface area contributed by atoms with Gasteiger partial charge in [0.1, 0.15) is 11.3 Å². The van der Waals surface area contributed by atoms with E-state index in [1.807, 2.05) is 12.3 Å². The number of hydrogen-bond donors (Lipinski definition) is 2. The van der Waals surface area contributed by atoms with Crippen LogP contribution in [0.25, 0.3) is 11.0 Å². The number of anilines is 4. The molecule has 1 saturated carbocycles. The fraction of sp³-hybridized carbons (Fsp3) is 0.480. The number of rotatable bonds is 4. The smallest absolute Gasteiger partial charge is 0.275 e.